The molecule has 7 heteroatoms. The number of nitrogens with one attached hydrogen (secondary N) is 2. The molecular formula is C22H24N6O. The van der Waals surface area contributed by atoms with E-state index < -0.39 is 0 Å². The number of terminal acetylenes is 1. The highest BCUT2D eigenvalue weighted by Gasteiger charge is 2.14. The maximum atomic E-state index is 12.4. The second kappa shape index (κ2) is 8.33. The van der Waals surface area contributed by atoms with Crippen LogP contribution in [0.4, 0.5) is 17.3 Å². The summed E-state index contributed by atoms with van der Waals surface area (Å²) in [6.07, 6.45) is 7.99. The Balaban J connectivity index is 1.62. The van der Waals surface area contributed by atoms with E-state index in [0.717, 1.165) is 37.3 Å². The Morgan fingerprint density at radius 3 is 2.66 bits per heavy atom. The largest absolute Gasteiger partial charge is 0.369 e. The molecule has 3 aromatic rings. The Morgan fingerprint density at radius 2 is 1.97 bits per heavy atom. The molecule has 0 bridgehead atoms. The molecule has 1 saturated heterocycles. The molecule has 4 rings (SSSR count). The lowest BCUT2D eigenvalue weighted by molar-refractivity contribution is 0.589. The average Bonchev–Trinajstić information content (AvgIpc) is 2.77. The highest BCUT2D eigenvalue weighted by atomic mass is 16.1. The average molecular weight is 388 g/mol. The molecule has 2 aromatic heterocycles. The number of fused-ring (bicyclic) bond motifs is 1. The van der Waals surface area contributed by atoms with Crippen LogP contribution in [0.5, 0.6) is 0 Å². The fraction of sp³-hybridized carbons (Fsp3) is 0.318. The summed E-state index contributed by atoms with van der Waals surface area (Å²) < 4.78 is 1.57. The van der Waals surface area contributed by atoms with Crippen molar-refractivity contribution in [2.45, 2.75) is 19.4 Å². The first kappa shape index (κ1) is 19.0. The Bertz CT molecular complexity index is 1090. The van der Waals surface area contributed by atoms with Crippen LogP contribution in [0.25, 0.3) is 11.0 Å². The molecule has 1 unspecified atom stereocenters. The van der Waals surface area contributed by atoms with Gasteiger partial charge in [0.25, 0.3) is 5.56 Å². The Labute approximate surface area is 169 Å². The highest BCUT2D eigenvalue weighted by Crippen LogP contribution is 2.22. The SMILES string of the molecule is C#CC(CC)n1c(=O)ccc2cnc(Nc3ccc(N4CCNCC4)cc3)nc21. The second-order valence-electron chi connectivity index (χ2n) is 7.01. The molecular weight excluding hydrogens is 364 g/mol. The molecule has 29 heavy (non-hydrogen) atoms. The third-order valence-corrected chi connectivity index (χ3v) is 5.16. The molecule has 0 spiro atoms. The Morgan fingerprint density at radius 1 is 1.21 bits per heavy atom. The molecule has 1 atom stereocenters. The van der Waals surface area contributed by atoms with Gasteiger partial charge in [0.1, 0.15) is 5.65 Å². The lowest BCUT2D eigenvalue weighted by Gasteiger charge is -2.29. The van der Waals surface area contributed by atoms with Gasteiger partial charge in [0.05, 0.1) is 6.04 Å². The number of anilines is 3. The summed E-state index contributed by atoms with van der Waals surface area (Å²) in [7, 11) is 0. The monoisotopic (exact) mass is 388 g/mol. The van der Waals surface area contributed by atoms with Crippen molar-refractivity contribution in [1.29, 1.82) is 0 Å². The quantitative estimate of drug-likeness (QED) is 0.655. The summed E-state index contributed by atoms with van der Waals surface area (Å²) in [5.41, 5.74) is 2.46. The van der Waals surface area contributed by atoms with E-state index in [4.69, 9.17) is 6.42 Å². The van der Waals surface area contributed by atoms with Gasteiger partial charge in [-0.1, -0.05) is 12.8 Å². The first-order valence-corrected chi connectivity index (χ1v) is 9.87. The van der Waals surface area contributed by atoms with Gasteiger partial charge in [-0.25, -0.2) is 4.98 Å². The molecule has 0 aliphatic carbocycles. The summed E-state index contributed by atoms with van der Waals surface area (Å²) >= 11 is 0. The van der Waals surface area contributed by atoms with Crippen molar-refractivity contribution < 1.29 is 0 Å². The minimum absolute atomic E-state index is 0.160. The van der Waals surface area contributed by atoms with Crippen molar-refractivity contribution >= 4 is 28.4 Å². The summed E-state index contributed by atoms with van der Waals surface area (Å²) in [6.45, 7) is 5.97. The summed E-state index contributed by atoms with van der Waals surface area (Å²) in [5.74, 6) is 3.11. The van der Waals surface area contributed by atoms with Crippen LogP contribution in [-0.4, -0.2) is 40.7 Å². The number of rotatable bonds is 5. The van der Waals surface area contributed by atoms with E-state index in [2.05, 4.69) is 43.6 Å². The zero-order valence-electron chi connectivity index (χ0n) is 16.4. The molecule has 1 aromatic carbocycles. The van der Waals surface area contributed by atoms with Crippen LogP contribution in [0.2, 0.25) is 0 Å². The Hall–Kier alpha value is -3.37. The Kier molecular flexibility index (Phi) is 5.45. The van der Waals surface area contributed by atoms with Crippen LogP contribution >= 0.6 is 0 Å². The maximum Gasteiger partial charge on any atom is 0.253 e. The third-order valence-electron chi connectivity index (χ3n) is 5.16. The van der Waals surface area contributed by atoms with E-state index in [-0.39, 0.29) is 11.6 Å². The van der Waals surface area contributed by atoms with E-state index in [1.807, 2.05) is 19.1 Å². The normalized spacial score (nSPS) is 15.1. The van der Waals surface area contributed by atoms with Crippen molar-refractivity contribution in [3.05, 3.63) is 52.9 Å². The summed E-state index contributed by atoms with van der Waals surface area (Å²) in [5, 5.41) is 7.36. The number of piperazine rings is 1. The molecule has 1 aliphatic heterocycles. The second-order valence-corrected chi connectivity index (χ2v) is 7.01. The molecule has 1 aliphatic rings. The van der Waals surface area contributed by atoms with Crippen molar-refractivity contribution in [3.63, 3.8) is 0 Å². The van der Waals surface area contributed by atoms with Crippen LogP contribution in [0.1, 0.15) is 19.4 Å². The first-order chi connectivity index (χ1) is 14.2. The zero-order valence-corrected chi connectivity index (χ0v) is 16.4. The lowest BCUT2D eigenvalue weighted by atomic mass is 10.2. The third kappa shape index (κ3) is 3.93. The number of hydrogen-bond acceptors (Lipinski definition) is 6. The van der Waals surface area contributed by atoms with Crippen molar-refractivity contribution in [1.82, 2.24) is 19.9 Å². The van der Waals surface area contributed by atoms with E-state index in [1.54, 1.807) is 16.8 Å². The number of aromatic nitrogens is 3. The first-order valence-electron chi connectivity index (χ1n) is 9.87. The van der Waals surface area contributed by atoms with E-state index >= 15 is 0 Å². The number of pyridine rings is 1. The fourth-order valence-electron chi connectivity index (χ4n) is 3.58. The van der Waals surface area contributed by atoms with E-state index in [0.29, 0.717) is 18.0 Å². The molecule has 1 fully saturated rings. The number of nitrogens with zero attached hydrogens (tertiary/aromatic N) is 4. The highest BCUT2D eigenvalue weighted by molar-refractivity contribution is 5.76. The molecule has 0 saturated carbocycles. The van der Waals surface area contributed by atoms with Gasteiger partial charge in [-0.05, 0) is 36.8 Å². The van der Waals surface area contributed by atoms with Crippen molar-refractivity contribution in [3.8, 4) is 12.3 Å². The van der Waals surface area contributed by atoms with Crippen molar-refractivity contribution in [2.75, 3.05) is 36.4 Å². The fourth-order valence-corrected chi connectivity index (χ4v) is 3.58. The summed E-state index contributed by atoms with van der Waals surface area (Å²) in [4.78, 5) is 23.8. The standard InChI is InChI=1S/C22H24N6O/c1-3-18(4-2)28-20(29)10-5-16-15-24-22(26-21(16)28)25-17-6-8-19(9-7-17)27-13-11-23-12-14-27/h1,5-10,15,18,23H,4,11-14H2,2H3,(H,24,25,26). The van der Waals surface area contributed by atoms with Gasteiger partial charge in [-0.2, -0.15) is 4.98 Å². The number of benzene rings is 1. The lowest BCUT2D eigenvalue weighted by Crippen LogP contribution is -2.43. The molecule has 3 heterocycles. The molecule has 7 nitrogen and oxygen atoms in total. The van der Waals surface area contributed by atoms with Gasteiger partial charge >= 0.3 is 0 Å². The molecule has 0 amide bonds. The van der Waals surface area contributed by atoms with Gasteiger partial charge in [0.2, 0.25) is 5.95 Å². The predicted molar refractivity (Wildman–Crippen MR) is 117 cm³/mol. The van der Waals surface area contributed by atoms with Crippen LogP contribution in [0.15, 0.2) is 47.4 Å². The van der Waals surface area contributed by atoms with Crippen LogP contribution in [-0.2, 0) is 0 Å². The smallest absolute Gasteiger partial charge is 0.253 e. The van der Waals surface area contributed by atoms with Gasteiger partial charge in [-0.3, -0.25) is 9.36 Å². The zero-order chi connectivity index (χ0) is 20.2. The van der Waals surface area contributed by atoms with Crippen LogP contribution in [0.3, 0.4) is 0 Å². The van der Waals surface area contributed by atoms with E-state index in [9.17, 15) is 4.79 Å². The van der Waals surface area contributed by atoms with Gasteiger partial charge in [0.15, 0.2) is 0 Å². The van der Waals surface area contributed by atoms with Crippen LogP contribution in [0, 0.1) is 12.3 Å². The van der Waals surface area contributed by atoms with Crippen LogP contribution < -0.4 is 21.1 Å². The van der Waals surface area contributed by atoms with Gasteiger partial charge in [0, 0.05) is 55.2 Å². The molecule has 148 valence electrons. The minimum Gasteiger partial charge on any atom is -0.369 e. The summed E-state index contributed by atoms with van der Waals surface area (Å²) in [6, 6.07) is 11.1. The van der Waals surface area contributed by atoms with Gasteiger partial charge < -0.3 is 15.5 Å². The molecule has 2 N–H and O–H groups in total. The predicted octanol–water partition coefficient (Wildman–Crippen LogP) is 2.53. The number of hydrogen-bond donors (Lipinski definition) is 2. The van der Waals surface area contributed by atoms with E-state index in [1.165, 1.54) is 11.8 Å². The topological polar surface area (TPSA) is 75.1 Å². The minimum atomic E-state index is -0.340. The van der Waals surface area contributed by atoms with Crippen molar-refractivity contribution in [2.24, 2.45) is 0 Å². The molecule has 0 radical (unpaired) electrons. The van der Waals surface area contributed by atoms with Gasteiger partial charge in [-0.15, -0.1) is 6.42 Å². The maximum absolute atomic E-state index is 12.4.